The molecule has 0 aromatic carbocycles. The van der Waals surface area contributed by atoms with E-state index in [1.807, 2.05) is 0 Å². The van der Waals surface area contributed by atoms with Gasteiger partial charge < -0.3 is 0 Å². The lowest BCUT2D eigenvalue weighted by atomic mass is 9.88. The van der Waals surface area contributed by atoms with Crippen LogP contribution in [-0.4, -0.2) is 29.8 Å². The van der Waals surface area contributed by atoms with Crippen molar-refractivity contribution in [2.24, 2.45) is 5.92 Å². The maximum atomic E-state index is 12.0. The van der Waals surface area contributed by atoms with E-state index >= 15 is 0 Å². The van der Waals surface area contributed by atoms with Crippen LogP contribution in [0.25, 0.3) is 0 Å². The molecule has 0 aromatic rings. The lowest BCUT2D eigenvalue weighted by Crippen LogP contribution is -2.45. The summed E-state index contributed by atoms with van der Waals surface area (Å²) in [7, 11) is 0. The molecule has 0 spiro atoms. The third-order valence-corrected chi connectivity index (χ3v) is 5.28. The molecule has 2 aliphatic rings. The average Bonchev–Trinajstić information content (AvgIpc) is 2.89. The van der Waals surface area contributed by atoms with E-state index in [-0.39, 0.29) is 0 Å². The lowest BCUT2D eigenvalue weighted by molar-refractivity contribution is -0.123. The summed E-state index contributed by atoms with van der Waals surface area (Å²) in [6.45, 7) is 4.75. The molecule has 0 amide bonds. The standard InChI is InChI=1S/C18H33NO/c1-2-3-4-5-6-8-14-19-15-9-7-12-17(19)16-11-10-13-18(16)20/h16-17H,2-15H2,1H3. The van der Waals surface area contributed by atoms with Gasteiger partial charge in [0.15, 0.2) is 0 Å². The minimum absolute atomic E-state index is 0.385. The van der Waals surface area contributed by atoms with Gasteiger partial charge in [-0.15, -0.1) is 0 Å². The number of Topliss-reactive ketones (excluding diaryl/α,β-unsaturated/α-hetero) is 1. The van der Waals surface area contributed by atoms with Gasteiger partial charge in [0.05, 0.1) is 0 Å². The van der Waals surface area contributed by atoms with Crippen LogP contribution in [0.1, 0.15) is 84.0 Å². The van der Waals surface area contributed by atoms with E-state index in [4.69, 9.17) is 0 Å². The summed E-state index contributed by atoms with van der Waals surface area (Å²) in [5.41, 5.74) is 0. The predicted octanol–water partition coefficient (Wildman–Crippen LogP) is 4.57. The Hall–Kier alpha value is -0.370. The number of likely N-dealkylation sites (tertiary alicyclic amines) is 1. The molecule has 2 rings (SSSR count). The summed E-state index contributed by atoms with van der Waals surface area (Å²) in [6, 6.07) is 0.592. The highest BCUT2D eigenvalue weighted by Gasteiger charge is 2.36. The first-order valence-electron chi connectivity index (χ1n) is 9.09. The molecule has 116 valence electrons. The van der Waals surface area contributed by atoms with Crippen molar-refractivity contribution in [2.75, 3.05) is 13.1 Å². The molecular weight excluding hydrogens is 246 g/mol. The van der Waals surface area contributed by atoms with Crippen molar-refractivity contribution in [1.82, 2.24) is 4.90 Å². The van der Waals surface area contributed by atoms with Gasteiger partial charge in [-0.05, 0) is 45.2 Å². The number of carbonyl (C=O) groups is 1. The quantitative estimate of drug-likeness (QED) is 0.607. The van der Waals surface area contributed by atoms with Crippen molar-refractivity contribution in [2.45, 2.75) is 90.0 Å². The minimum atomic E-state index is 0.385. The van der Waals surface area contributed by atoms with Gasteiger partial charge in [0, 0.05) is 18.4 Å². The second-order valence-corrected chi connectivity index (χ2v) is 6.83. The smallest absolute Gasteiger partial charge is 0.137 e. The van der Waals surface area contributed by atoms with E-state index in [2.05, 4.69) is 11.8 Å². The number of carbonyl (C=O) groups excluding carboxylic acids is 1. The molecule has 1 aliphatic heterocycles. The number of ketones is 1. The fraction of sp³-hybridized carbons (Fsp3) is 0.944. The SMILES string of the molecule is CCCCCCCCN1CCCCC1C1CCCC1=O. The molecular formula is C18H33NO. The van der Waals surface area contributed by atoms with Crippen LogP contribution in [0.5, 0.6) is 0 Å². The summed E-state index contributed by atoms with van der Waals surface area (Å²) >= 11 is 0. The van der Waals surface area contributed by atoms with E-state index in [0.29, 0.717) is 17.7 Å². The molecule has 2 nitrogen and oxygen atoms in total. The van der Waals surface area contributed by atoms with Gasteiger partial charge in [0.25, 0.3) is 0 Å². The fourth-order valence-corrected chi connectivity index (χ4v) is 4.09. The van der Waals surface area contributed by atoms with Crippen molar-refractivity contribution in [1.29, 1.82) is 0 Å². The van der Waals surface area contributed by atoms with E-state index in [1.54, 1.807) is 0 Å². The average molecular weight is 279 g/mol. The second kappa shape index (κ2) is 8.81. The Morgan fingerprint density at radius 1 is 1.00 bits per heavy atom. The summed E-state index contributed by atoms with van der Waals surface area (Å²) in [5, 5.41) is 0. The second-order valence-electron chi connectivity index (χ2n) is 6.83. The van der Waals surface area contributed by atoms with Crippen molar-refractivity contribution in [3.8, 4) is 0 Å². The third-order valence-electron chi connectivity index (χ3n) is 5.28. The fourth-order valence-electron chi connectivity index (χ4n) is 4.09. The first-order valence-corrected chi connectivity index (χ1v) is 9.09. The largest absolute Gasteiger partial charge is 0.300 e. The number of hydrogen-bond acceptors (Lipinski definition) is 2. The number of nitrogens with zero attached hydrogens (tertiary/aromatic N) is 1. The maximum absolute atomic E-state index is 12.0. The summed E-state index contributed by atoms with van der Waals surface area (Å²) in [6.07, 6.45) is 15.3. The van der Waals surface area contributed by atoms with Gasteiger partial charge in [-0.25, -0.2) is 0 Å². The minimum Gasteiger partial charge on any atom is -0.300 e. The maximum Gasteiger partial charge on any atom is 0.137 e. The van der Waals surface area contributed by atoms with Crippen LogP contribution in [-0.2, 0) is 4.79 Å². The molecule has 2 atom stereocenters. The normalized spacial score (nSPS) is 28.1. The van der Waals surface area contributed by atoms with Crippen LogP contribution in [0.2, 0.25) is 0 Å². The Bertz CT molecular complexity index is 289. The molecule has 1 heterocycles. The van der Waals surface area contributed by atoms with Crippen molar-refractivity contribution in [3.05, 3.63) is 0 Å². The Labute approximate surface area is 125 Å². The molecule has 0 aromatic heterocycles. The highest BCUT2D eigenvalue weighted by molar-refractivity contribution is 5.83. The van der Waals surface area contributed by atoms with E-state index in [1.165, 1.54) is 70.9 Å². The van der Waals surface area contributed by atoms with Crippen molar-refractivity contribution in [3.63, 3.8) is 0 Å². The van der Waals surface area contributed by atoms with Crippen molar-refractivity contribution >= 4 is 5.78 Å². The van der Waals surface area contributed by atoms with Crippen LogP contribution in [0.4, 0.5) is 0 Å². The Balaban J connectivity index is 1.71. The lowest BCUT2D eigenvalue weighted by Gasteiger charge is -2.38. The molecule has 2 heteroatoms. The highest BCUT2D eigenvalue weighted by atomic mass is 16.1. The zero-order chi connectivity index (χ0) is 14.2. The number of piperidine rings is 1. The molecule has 1 saturated heterocycles. The Morgan fingerprint density at radius 3 is 2.55 bits per heavy atom. The van der Waals surface area contributed by atoms with E-state index in [0.717, 1.165) is 19.3 Å². The molecule has 0 N–H and O–H groups in total. The van der Waals surface area contributed by atoms with Crippen LogP contribution in [0.15, 0.2) is 0 Å². The van der Waals surface area contributed by atoms with Gasteiger partial charge in [0.2, 0.25) is 0 Å². The molecule has 1 saturated carbocycles. The van der Waals surface area contributed by atoms with Crippen molar-refractivity contribution < 1.29 is 4.79 Å². The van der Waals surface area contributed by atoms with Crippen LogP contribution in [0, 0.1) is 5.92 Å². The molecule has 0 radical (unpaired) electrons. The zero-order valence-electron chi connectivity index (χ0n) is 13.4. The number of unbranched alkanes of at least 4 members (excludes halogenated alkanes) is 5. The first-order chi connectivity index (χ1) is 9.83. The molecule has 1 aliphatic carbocycles. The zero-order valence-corrected chi connectivity index (χ0v) is 13.4. The van der Waals surface area contributed by atoms with E-state index < -0.39 is 0 Å². The molecule has 20 heavy (non-hydrogen) atoms. The van der Waals surface area contributed by atoms with E-state index in [9.17, 15) is 4.79 Å². The van der Waals surface area contributed by atoms with Crippen LogP contribution in [0.3, 0.4) is 0 Å². The van der Waals surface area contributed by atoms with Gasteiger partial charge in [0.1, 0.15) is 5.78 Å². The molecule has 2 fully saturated rings. The Kier molecular flexibility index (Phi) is 7.06. The van der Waals surface area contributed by atoms with Gasteiger partial charge >= 0.3 is 0 Å². The predicted molar refractivity (Wildman–Crippen MR) is 84.9 cm³/mol. The van der Waals surface area contributed by atoms with Gasteiger partial charge in [-0.3, -0.25) is 9.69 Å². The van der Waals surface area contributed by atoms with Gasteiger partial charge in [-0.2, -0.15) is 0 Å². The van der Waals surface area contributed by atoms with Crippen LogP contribution >= 0.6 is 0 Å². The summed E-state index contributed by atoms with van der Waals surface area (Å²) in [4.78, 5) is 14.7. The third kappa shape index (κ3) is 4.58. The topological polar surface area (TPSA) is 20.3 Å². The monoisotopic (exact) mass is 279 g/mol. The first kappa shape index (κ1) is 16.0. The highest BCUT2D eigenvalue weighted by Crippen LogP contribution is 2.32. The summed E-state index contributed by atoms with van der Waals surface area (Å²) in [5.74, 6) is 0.945. The summed E-state index contributed by atoms with van der Waals surface area (Å²) < 4.78 is 0. The number of hydrogen-bond donors (Lipinski definition) is 0. The molecule has 0 bridgehead atoms. The Morgan fingerprint density at radius 2 is 1.80 bits per heavy atom. The molecule has 2 unspecified atom stereocenters. The van der Waals surface area contributed by atoms with Crippen LogP contribution < -0.4 is 0 Å². The number of rotatable bonds is 8. The van der Waals surface area contributed by atoms with Gasteiger partial charge in [-0.1, -0.05) is 45.4 Å².